The Balaban J connectivity index is 2.09. The molecular formula is C12H11N5O2. The van der Waals surface area contributed by atoms with Crippen LogP contribution in [0.1, 0.15) is 16.2 Å². The molecule has 1 aromatic carbocycles. The standard InChI is InChI=1S/C12H11N5O2/c1-16-6-5-13-10(16)7-17-9-4-2-3-8(12(18)19)11(9)14-15-17/h2-6H,7H2,1H3,(H,18,19). The van der Waals surface area contributed by atoms with Crippen molar-refractivity contribution in [1.29, 1.82) is 0 Å². The van der Waals surface area contributed by atoms with Gasteiger partial charge in [-0.15, -0.1) is 5.10 Å². The van der Waals surface area contributed by atoms with Crippen LogP contribution in [0.3, 0.4) is 0 Å². The number of hydrogen-bond donors (Lipinski definition) is 1. The molecule has 0 unspecified atom stereocenters. The summed E-state index contributed by atoms with van der Waals surface area (Å²) >= 11 is 0. The first-order valence-electron chi connectivity index (χ1n) is 5.68. The smallest absolute Gasteiger partial charge is 0.338 e. The fraction of sp³-hybridized carbons (Fsp3) is 0.167. The van der Waals surface area contributed by atoms with Crippen molar-refractivity contribution in [2.24, 2.45) is 7.05 Å². The van der Waals surface area contributed by atoms with E-state index < -0.39 is 5.97 Å². The van der Waals surface area contributed by atoms with E-state index in [0.717, 1.165) is 5.82 Å². The molecule has 0 saturated heterocycles. The van der Waals surface area contributed by atoms with Gasteiger partial charge in [-0.2, -0.15) is 0 Å². The number of carboxylic acids is 1. The second kappa shape index (κ2) is 4.20. The summed E-state index contributed by atoms with van der Waals surface area (Å²) in [5.74, 6) is -0.179. The third kappa shape index (κ3) is 1.85. The summed E-state index contributed by atoms with van der Waals surface area (Å²) in [6, 6.07) is 5.00. The lowest BCUT2D eigenvalue weighted by Crippen LogP contribution is -2.07. The molecule has 1 N–H and O–H groups in total. The Hall–Kier alpha value is -2.70. The highest BCUT2D eigenvalue weighted by molar-refractivity contribution is 6.00. The Labute approximate surface area is 108 Å². The van der Waals surface area contributed by atoms with Gasteiger partial charge in [0.2, 0.25) is 0 Å². The summed E-state index contributed by atoms with van der Waals surface area (Å²) in [7, 11) is 1.89. The molecule has 19 heavy (non-hydrogen) atoms. The van der Waals surface area contributed by atoms with Crippen molar-refractivity contribution in [3.8, 4) is 0 Å². The van der Waals surface area contributed by atoms with Crippen LogP contribution in [0.2, 0.25) is 0 Å². The zero-order valence-corrected chi connectivity index (χ0v) is 10.2. The summed E-state index contributed by atoms with van der Waals surface area (Å²) < 4.78 is 3.53. The first-order valence-corrected chi connectivity index (χ1v) is 5.68. The predicted molar refractivity (Wildman–Crippen MR) is 66.8 cm³/mol. The van der Waals surface area contributed by atoms with Gasteiger partial charge < -0.3 is 9.67 Å². The van der Waals surface area contributed by atoms with Crippen molar-refractivity contribution in [3.05, 3.63) is 42.0 Å². The number of fused-ring (bicyclic) bond motifs is 1. The lowest BCUT2D eigenvalue weighted by atomic mass is 10.2. The van der Waals surface area contributed by atoms with E-state index in [1.165, 1.54) is 6.07 Å². The predicted octanol–water partition coefficient (Wildman–Crippen LogP) is 0.911. The van der Waals surface area contributed by atoms with Crippen molar-refractivity contribution < 1.29 is 9.90 Å². The summed E-state index contributed by atoms with van der Waals surface area (Å²) in [6.07, 6.45) is 3.55. The summed E-state index contributed by atoms with van der Waals surface area (Å²) in [5, 5.41) is 17.0. The van der Waals surface area contributed by atoms with E-state index >= 15 is 0 Å². The zero-order chi connectivity index (χ0) is 13.4. The van der Waals surface area contributed by atoms with Crippen molar-refractivity contribution in [2.45, 2.75) is 6.54 Å². The van der Waals surface area contributed by atoms with Crippen LogP contribution in [0, 0.1) is 0 Å². The average molecular weight is 257 g/mol. The average Bonchev–Trinajstić information content (AvgIpc) is 2.97. The first kappa shape index (κ1) is 11.4. The molecule has 0 aliphatic rings. The van der Waals surface area contributed by atoms with Gasteiger partial charge >= 0.3 is 5.97 Å². The highest BCUT2D eigenvalue weighted by Crippen LogP contribution is 2.16. The number of hydrogen-bond acceptors (Lipinski definition) is 4. The van der Waals surface area contributed by atoms with Crippen molar-refractivity contribution in [3.63, 3.8) is 0 Å². The van der Waals surface area contributed by atoms with E-state index in [9.17, 15) is 4.79 Å². The maximum absolute atomic E-state index is 11.1. The Kier molecular flexibility index (Phi) is 2.52. The third-order valence-corrected chi connectivity index (χ3v) is 2.99. The van der Waals surface area contributed by atoms with Crippen LogP contribution in [0.25, 0.3) is 11.0 Å². The van der Waals surface area contributed by atoms with E-state index in [-0.39, 0.29) is 5.56 Å². The first-order chi connectivity index (χ1) is 9.16. The summed E-state index contributed by atoms with van der Waals surface area (Å²) in [4.78, 5) is 15.3. The lowest BCUT2D eigenvalue weighted by Gasteiger charge is -2.03. The largest absolute Gasteiger partial charge is 0.478 e. The summed E-state index contributed by atoms with van der Waals surface area (Å²) in [6.45, 7) is 0.447. The number of nitrogens with zero attached hydrogens (tertiary/aromatic N) is 5. The molecule has 0 spiro atoms. The fourth-order valence-corrected chi connectivity index (χ4v) is 1.96. The molecular weight excluding hydrogens is 246 g/mol. The molecule has 0 fully saturated rings. The monoisotopic (exact) mass is 257 g/mol. The maximum Gasteiger partial charge on any atom is 0.338 e. The third-order valence-electron chi connectivity index (χ3n) is 2.99. The number of rotatable bonds is 3. The van der Waals surface area contributed by atoms with Gasteiger partial charge in [0.25, 0.3) is 0 Å². The van der Waals surface area contributed by atoms with Crippen LogP contribution in [0.5, 0.6) is 0 Å². The second-order valence-electron chi connectivity index (χ2n) is 4.18. The molecule has 0 atom stereocenters. The number of aromatic carboxylic acids is 1. The van der Waals surface area contributed by atoms with Crippen LogP contribution < -0.4 is 0 Å². The van der Waals surface area contributed by atoms with E-state index in [2.05, 4.69) is 15.3 Å². The molecule has 7 nitrogen and oxygen atoms in total. The van der Waals surface area contributed by atoms with Crippen LogP contribution in [0.4, 0.5) is 0 Å². The Morgan fingerprint density at radius 2 is 2.26 bits per heavy atom. The molecule has 0 saturated carbocycles. The molecule has 0 bridgehead atoms. The Morgan fingerprint density at radius 3 is 2.95 bits per heavy atom. The molecule has 2 heterocycles. The van der Waals surface area contributed by atoms with E-state index in [4.69, 9.17) is 5.11 Å². The van der Waals surface area contributed by atoms with E-state index in [1.807, 2.05) is 17.8 Å². The highest BCUT2D eigenvalue weighted by Gasteiger charge is 2.14. The minimum Gasteiger partial charge on any atom is -0.478 e. The maximum atomic E-state index is 11.1. The van der Waals surface area contributed by atoms with Crippen molar-refractivity contribution in [2.75, 3.05) is 0 Å². The van der Waals surface area contributed by atoms with Gasteiger partial charge in [-0.05, 0) is 12.1 Å². The quantitative estimate of drug-likeness (QED) is 0.753. The number of aryl methyl sites for hydroxylation is 1. The van der Waals surface area contributed by atoms with Gasteiger partial charge in [-0.25, -0.2) is 14.5 Å². The summed E-state index contributed by atoms with van der Waals surface area (Å²) in [5.41, 5.74) is 1.23. The van der Waals surface area contributed by atoms with Crippen LogP contribution in [-0.2, 0) is 13.6 Å². The zero-order valence-electron chi connectivity index (χ0n) is 10.2. The number of benzene rings is 1. The molecule has 3 rings (SSSR count). The van der Waals surface area contributed by atoms with Gasteiger partial charge in [-0.1, -0.05) is 11.3 Å². The van der Waals surface area contributed by atoms with Crippen molar-refractivity contribution in [1.82, 2.24) is 24.5 Å². The molecule has 2 aromatic heterocycles. The molecule has 3 aromatic rings. The lowest BCUT2D eigenvalue weighted by molar-refractivity contribution is 0.0699. The van der Waals surface area contributed by atoms with Crippen LogP contribution >= 0.6 is 0 Å². The molecule has 7 heteroatoms. The van der Waals surface area contributed by atoms with Gasteiger partial charge in [0.15, 0.2) is 0 Å². The van der Waals surface area contributed by atoms with E-state index in [0.29, 0.717) is 17.6 Å². The van der Waals surface area contributed by atoms with E-state index in [1.54, 1.807) is 23.0 Å². The number of aromatic nitrogens is 5. The van der Waals surface area contributed by atoms with Gasteiger partial charge in [0, 0.05) is 19.4 Å². The topological polar surface area (TPSA) is 85.8 Å². The normalized spacial score (nSPS) is 11.0. The van der Waals surface area contributed by atoms with Crippen molar-refractivity contribution >= 4 is 17.0 Å². The molecule has 0 amide bonds. The number of carbonyl (C=O) groups is 1. The number of imidazole rings is 1. The van der Waals surface area contributed by atoms with Gasteiger partial charge in [0.05, 0.1) is 11.1 Å². The van der Waals surface area contributed by atoms with Crippen LogP contribution in [-0.4, -0.2) is 35.6 Å². The highest BCUT2D eigenvalue weighted by atomic mass is 16.4. The minimum absolute atomic E-state index is 0.156. The number of carboxylic acid groups (broad SMARTS) is 1. The second-order valence-corrected chi connectivity index (χ2v) is 4.18. The SMILES string of the molecule is Cn1ccnc1Cn1nnc2c(C(=O)O)cccc21. The Bertz CT molecular complexity index is 758. The van der Waals surface area contributed by atoms with Gasteiger partial charge in [-0.3, -0.25) is 0 Å². The molecule has 96 valence electrons. The Morgan fingerprint density at radius 1 is 1.42 bits per heavy atom. The molecule has 0 aliphatic heterocycles. The fourth-order valence-electron chi connectivity index (χ4n) is 1.96. The minimum atomic E-state index is -1.00. The molecule has 0 radical (unpaired) electrons. The van der Waals surface area contributed by atoms with Gasteiger partial charge in [0.1, 0.15) is 17.9 Å². The molecule has 0 aliphatic carbocycles. The van der Waals surface area contributed by atoms with Crippen LogP contribution in [0.15, 0.2) is 30.6 Å².